The fourth-order valence-electron chi connectivity index (χ4n) is 1.98. The second-order valence-electron chi connectivity index (χ2n) is 4.57. The van der Waals surface area contributed by atoms with E-state index in [1.807, 2.05) is 12.1 Å². The summed E-state index contributed by atoms with van der Waals surface area (Å²) in [6.45, 7) is 0.790. The highest BCUT2D eigenvalue weighted by atomic mass is 79.9. The average molecular weight is 319 g/mol. The summed E-state index contributed by atoms with van der Waals surface area (Å²) in [6, 6.07) is 18.8. The molecule has 19 heavy (non-hydrogen) atoms. The molecule has 0 unspecified atom stereocenters. The predicted octanol–water partition coefficient (Wildman–Crippen LogP) is 4.98. The molecule has 0 amide bonds. The summed E-state index contributed by atoms with van der Waals surface area (Å²) in [5.41, 5.74) is 2.66. The van der Waals surface area contributed by atoms with Crippen LogP contribution in [0.5, 0.6) is 5.75 Å². The Morgan fingerprint density at radius 3 is 2.42 bits per heavy atom. The van der Waals surface area contributed by atoms with Crippen molar-refractivity contribution in [1.29, 1.82) is 0 Å². The van der Waals surface area contributed by atoms with Crippen LogP contribution in [0.4, 0.5) is 0 Å². The van der Waals surface area contributed by atoms with Crippen molar-refractivity contribution in [2.75, 3.05) is 6.61 Å². The number of rotatable bonds is 7. The van der Waals surface area contributed by atoms with Crippen molar-refractivity contribution in [3.8, 4) is 5.75 Å². The molecular formula is C17H19BrO. The van der Waals surface area contributed by atoms with Gasteiger partial charge in [-0.2, -0.15) is 0 Å². The maximum atomic E-state index is 5.77. The molecule has 0 bridgehead atoms. The van der Waals surface area contributed by atoms with E-state index in [9.17, 15) is 0 Å². The average Bonchev–Trinajstić information content (AvgIpc) is 2.48. The molecule has 0 aromatic heterocycles. The van der Waals surface area contributed by atoms with E-state index in [4.69, 9.17) is 4.74 Å². The third-order valence-electron chi connectivity index (χ3n) is 3.02. The van der Waals surface area contributed by atoms with Crippen LogP contribution in [-0.2, 0) is 11.8 Å². The number of aryl methyl sites for hydroxylation is 1. The molecule has 0 atom stereocenters. The van der Waals surface area contributed by atoms with Crippen molar-refractivity contribution in [3.63, 3.8) is 0 Å². The monoisotopic (exact) mass is 318 g/mol. The van der Waals surface area contributed by atoms with E-state index >= 15 is 0 Å². The van der Waals surface area contributed by atoms with Crippen LogP contribution in [0.2, 0.25) is 0 Å². The van der Waals surface area contributed by atoms with Gasteiger partial charge in [-0.3, -0.25) is 0 Å². The van der Waals surface area contributed by atoms with E-state index in [0.717, 1.165) is 30.5 Å². The zero-order valence-corrected chi connectivity index (χ0v) is 12.6. The Kier molecular flexibility index (Phi) is 5.96. The lowest BCUT2D eigenvalue weighted by Gasteiger charge is -2.07. The van der Waals surface area contributed by atoms with Crippen molar-refractivity contribution in [2.24, 2.45) is 0 Å². The first-order valence-corrected chi connectivity index (χ1v) is 7.82. The highest BCUT2D eigenvalue weighted by Crippen LogP contribution is 2.16. The van der Waals surface area contributed by atoms with Gasteiger partial charge in [0.25, 0.3) is 0 Å². The second-order valence-corrected chi connectivity index (χ2v) is 5.13. The Morgan fingerprint density at radius 2 is 1.63 bits per heavy atom. The van der Waals surface area contributed by atoms with E-state index in [2.05, 4.69) is 58.4 Å². The smallest absolute Gasteiger partial charge is 0.119 e. The molecule has 0 saturated heterocycles. The van der Waals surface area contributed by atoms with Crippen LogP contribution >= 0.6 is 15.9 Å². The minimum atomic E-state index is 0.790. The summed E-state index contributed by atoms with van der Waals surface area (Å²) in [6.07, 6.45) is 3.39. The zero-order chi connectivity index (χ0) is 13.3. The van der Waals surface area contributed by atoms with Gasteiger partial charge in [0.15, 0.2) is 0 Å². The maximum Gasteiger partial charge on any atom is 0.119 e. The highest BCUT2D eigenvalue weighted by molar-refractivity contribution is 9.08. The molecule has 0 saturated carbocycles. The highest BCUT2D eigenvalue weighted by Gasteiger charge is 1.97. The van der Waals surface area contributed by atoms with Crippen LogP contribution in [0.3, 0.4) is 0 Å². The van der Waals surface area contributed by atoms with Crippen LogP contribution in [0.1, 0.15) is 24.0 Å². The van der Waals surface area contributed by atoms with E-state index in [0.29, 0.717) is 0 Å². The van der Waals surface area contributed by atoms with Gasteiger partial charge in [-0.05, 0) is 42.5 Å². The molecule has 0 radical (unpaired) electrons. The van der Waals surface area contributed by atoms with Crippen LogP contribution in [0.15, 0.2) is 54.6 Å². The van der Waals surface area contributed by atoms with Crippen molar-refractivity contribution in [2.45, 2.75) is 24.6 Å². The SMILES string of the molecule is BrCc1cccc(OCCCCc2ccccc2)c1. The molecule has 2 rings (SSSR count). The van der Waals surface area contributed by atoms with Gasteiger partial charge in [-0.15, -0.1) is 0 Å². The molecule has 0 aliphatic carbocycles. The van der Waals surface area contributed by atoms with Crippen molar-refractivity contribution in [3.05, 3.63) is 65.7 Å². The summed E-state index contributed by atoms with van der Waals surface area (Å²) in [5, 5.41) is 0.873. The van der Waals surface area contributed by atoms with Crippen molar-refractivity contribution >= 4 is 15.9 Å². The molecule has 2 heteroatoms. The summed E-state index contributed by atoms with van der Waals surface area (Å²) in [4.78, 5) is 0. The first kappa shape index (κ1) is 14.1. The molecule has 0 aliphatic rings. The Labute approximate surface area is 123 Å². The quantitative estimate of drug-likeness (QED) is 0.516. The fraction of sp³-hybridized carbons (Fsp3) is 0.294. The standard InChI is InChI=1S/C17H19BrO/c18-14-16-10-6-11-17(13-16)19-12-5-4-9-15-7-2-1-3-8-15/h1-3,6-8,10-11,13H,4-5,9,12,14H2. The Balaban J connectivity index is 1.66. The summed E-state index contributed by atoms with van der Waals surface area (Å²) in [5.74, 6) is 0.969. The van der Waals surface area contributed by atoms with Crippen molar-refractivity contribution < 1.29 is 4.74 Å². The van der Waals surface area contributed by atoms with Gasteiger partial charge in [-0.25, -0.2) is 0 Å². The summed E-state index contributed by atoms with van der Waals surface area (Å²) < 4.78 is 5.77. The lowest BCUT2D eigenvalue weighted by Crippen LogP contribution is -1.98. The lowest BCUT2D eigenvalue weighted by atomic mass is 10.1. The largest absolute Gasteiger partial charge is 0.494 e. The van der Waals surface area contributed by atoms with E-state index in [-0.39, 0.29) is 0 Å². The molecule has 0 aliphatic heterocycles. The molecule has 100 valence electrons. The number of ether oxygens (including phenoxy) is 1. The maximum absolute atomic E-state index is 5.77. The topological polar surface area (TPSA) is 9.23 Å². The number of hydrogen-bond acceptors (Lipinski definition) is 1. The van der Waals surface area contributed by atoms with Gasteiger partial charge < -0.3 is 4.74 Å². The van der Waals surface area contributed by atoms with E-state index < -0.39 is 0 Å². The normalized spacial score (nSPS) is 10.4. The van der Waals surface area contributed by atoms with E-state index in [1.54, 1.807) is 0 Å². The molecule has 2 aromatic carbocycles. The van der Waals surface area contributed by atoms with Crippen LogP contribution < -0.4 is 4.74 Å². The Morgan fingerprint density at radius 1 is 0.842 bits per heavy atom. The number of alkyl halides is 1. The van der Waals surface area contributed by atoms with Crippen LogP contribution in [0.25, 0.3) is 0 Å². The number of halogens is 1. The fourth-order valence-corrected chi connectivity index (χ4v) is 2.33. The predicted molar refractivity (Wildman–Crippen MR) is 83.9 cm³/mol. The molecule has 2 aromatic rings. The number of benzene rings is 2. The zero-order valence-electron chi connectivity index (χ0n) is 11.0. The van der Waals surface area contributed by atoms with Gasteiger partial charge in [-0.1, -0.05) is 58.4 Å². The molecule has 0 fully saturated rings. The number of hydrogen-bond donors (Lipinski definition) is 0. The summed E-state index contributed by atoms with van der Waals surface area (Å²) in [7, 11) is 0. The van der Waals surface area contributed by atoms with Gasteiger partial charge in [0.1, 0.15) is 5.75 Å². The first-order valence-electron chi connectivity index (χ1n) is 6.70. The molecule has 0 heterocycles. The Bertz CT molecular complexity index is 482. The number of unbranched alkanes of at least 4 members (excludes halogenated alkanes) is 1. The van der Waals surface area contributed by atoms with Crippen molar-refractivity contribution in [1.82, 2.24) is 0 Å². The minimum absolute atomic E-state index is 0.790. The molecule has 0 spiro atoms. The third kappa shape index (κ3) is 5.07. The van der Waals surface area contributed by atoms with Gasteiger partial charge in [0.2, 0.25) is 0 Å². The molecule has 1 nitrogen and oxygen atoms in total. The third-order valence-corrected chi connectivity index (χ3v) is 3.67. The second kappa shape index (κ2) is 8.00. The van der Waals surface area contributed by atoms with E-state index in [1.165, 1.54) is 17.5 Å². The first-order chi connectivity index (χ1) is 9.38. The lowest BCUT2D eigenvalue weighted by molar-refractivity contribution is 0.307. The van der Waals surface area contributed by atoms with Crippen LogP contribution in [0, 0.1) is 0 Å². The van der Waals surface area contributed by atoms with Gasteiger partial charge >= 0.3 is 0 Å². The van der Waals surface area contributed by atoms with Crippen LogP contribution in [-0.4, -0.2) is 6.61 Å². The molecular weight excluding hydrogens is 300 g/mol. The summed E-state index contributed by atoms with van der Waals surface area (Å²) >= 11 is 3.45. The van der Waals surface area contributed by atoms with Gasteiger partial charge in [0, 0.05) is 5.33 Å². The minimum Gasteiger partial charge on any atom is -0.494 e. The van der Waals surface area contributed by atoms with Gasteiger partial charge in [0.05, 0.1) is 6.61 Å². The Hall–Kier alpha value is -1.28. The molecule has 0 N–H and O–H groups in total.